The van der Waals surface area contributed by atoms with Crippen molar-refractivity contribution in [2.75, 3.05) is 0 Å². The number of hydrogen-bond donors (Lipinski definition) is 0. The van der Waals surface area contributed by atoms with E-state index in [1.54, 1.807) is 0 Å². The minimum absolute atomic E-state index is 1.22. The maximum atomic E-state index is 4.01. The fourth-order valence-corrected chi connectivity index (χ4v) is 1.50. The highest BCUT2D eigenvalue weighted by atomic mass is 14.6. The van der Waals surface area contributed by atoms with E-state index < -0.39 is 0 Å². The van der Waals surface area contributed by atoms with Gasteiger partial charge in [-0.25, -0.2) is 0 Å². The Bertz CT molecular complexity index is 443. The van der Waals surface area contributed by atoms with Gasteiger partial charge in [0.25, 0.3) is 0 Å². The predicted octanol–water partition coefficient (Wildman–Crippen LogP) is 3.64. The van der Waals surface area contributed by atoms with Crippen molar-refractivity contribution in [1.82, 2.24) is 4.98 Å². The summed E-state index contributed by atoms with van der Waals surface area (Å²) in [6, 6.07) is 14.4. The SMILES string of the molecule is C/C(=C/c1ccccc1)c1ccncc1. The second-order valence-corrected chi connectivity index (χ2v) is 3.47. The molecule has 0 saturated heterocycles. The summed E-state index contributed by atoms with van der Waals surface area (Å²) in [4.78, 5) is 4.01. The Morgan fingerprint density at radius 2 is 1.67 bits per heavy atom. The number of pyridine rings is 1. The Morgan fingerprint density at radius 3 is 2.33 bits per heavy atom. The van der Waals surface area contributed by atoms with Crippen molar-refractivity contribution in [2.45, 2.75) is 6.92 Å². The van der Waals surface area contributed by atoms with Gasteiger partial charge in [-0.15, -0.1) is 0 Å². The van der Waals surface area contributed by atoms with Crippen LogP contribution in [0.25, 0.3) is 11.6 Å². The van der Waals surface area contributed by atoms with Gasteiger partial charge >= 0.3 is 0 Å². The molecular formula is C14H13N. The number of hydrogen-bond acceptors (Lipinski definition) is 1. The van der Waals surface area contributed by atoms with Gasteiger partial charge in [0.1, 0.15) is 0 Å². The van der Waals surface area contributed by atoms with Crippen molar-refractivity contribution in [2.24, 2.45) is 0 Å². The molecule has 1 nitrogen and oxygen atoms in total. The van der Waals surface area contributed by atoms with Gasteiger partial charge in [0.2, 0.25) is 0 Å². The number of rotatable bonds is 2. The average molecular weight is 195 g/mol. The molecule has 0 unspecified atom stereocenters. The van der Waals surface area contributed by atoms with E-state index in [9.17, 15) is 0 Å². The Hall–Kier alpha value is -1.89. The van der Waals surface area contributed by atoms with E-state index in [-0.39, 0.29) is 0 Å². The molecule has 0 bridgehead atoms. The normalized spacial score (nSPS) is 11.4. The first-order valence-electron chi connectivity index (χ1n) is 5.00. The fourth-order valence-electron chi connectivity index (χ4n) is 1.50. The minimum atomic E-state index is 1.22. The molecule has 0 amide bonds. The summed E-state index contributed by atoms with van der Waals surface area (Å²) in [5.41, 5.74) is 3.70. The summed E-state index contributed by atoms with van der Waals surface area (Å²) < 4.78 is 0. The molecule has 0 aliphatic rings. The van der Waals surface area contributed by atoms with Gasteiger partial charge in [0.15, 0.2) is 0 Å². The minimum Gasteiger partial charge on any atom is -0.265 e. The van der Waals surface area contributed by atoms with E-state index >= 15 is 0 Å². The van der Waals surface area contributed by atoms with Crippen molar-refractivity contribution in [1.29, 1.82) is 0 Å². The van der Waals surface area contributed by atoms with Crippen LogP contribution in [0.15, 0.2) is 54.9 Å². The molecule has 15 heavy (non-hydrogen) atoms. The third-order valence-electron chi connectivity index (χ3n) is 2.32. The highest BCUT2D eigenvalue weighted by molar-refractivity contribution is 5.79. The summed E-state index contributed by atoms with van der Waals surface area (Å²) in [5, 5.41) is 0. The highest BCUT2D eigenvalue weighted by Gasteiger charge is 1.94. The summed E-state index contributed by atoms with van der Waals surface area (Å²) in [7, 11) is 0. The van der Waals surface area contributed by atoms with Gasteiger partial charge < -0.3 is 0 Å². The maximum absolute atomic E-state index is 4.01. The molecule has 0 spiro atoms. The Balaban J connectivity index is 2.29. The van der Waals surface area contributed by atoms with Crippen LogP contribution in [0, 0.1) is 0 Å². The molecule has 0 radical (unpaired) electrons. The predicted molar refractivity (Wildman–Crippen MR) is 64.2 cm³/mol. The van der Waals surface area contributed by atoms with Crippen LogP contribution in [0.4, 0.5) is 0 Å². The number of nitrogens with zero attached hydrogens (tertiary/aromatic N) is 1. The molecule has 1 heterocycles. The van der Waals surface area contributed by atoms with Crippen LogP contribution >= 0.6 is 0 Å². The highest BCUT2D eigenvalue weighted by Crippen LogP contribution is 2.16. The molecule has 0 aliphatic heterocycles. The lowest BCUT2D eigenvalue weighted by Gasteiger charge is -2.00. The van der Waals surface area contributed by atoms with Gasteiger partial charge in [0, 0.05) is 12.4 Å². The molecular weight excluding hydrogens is 182 g/mol. The number of benzene rings is 1. The molecule has 2 rings (SSSR count). The lowest BCUT2D eigenvalue weighted by Crippen LogP contribution is -1.80. The Labute approximate surface area is 90.1 Å². The van der Waals surface area contributed by atoms with E-state index in [2.05, 4.69) is 30.1 Å². The van der Waals surface area contributed by atoms with Crippen LogP contribution in [-0.4, -0.2) is 4.98 Å². The van der Waals surface area contributed by atoms with Crippen molar-refractivity contribution in [3.05, 3.63) is 66.0 Å². The van der Waals surface area contributed by atoms with Crippen molar-refractivity contribution < 1.29 is 0 Å². The van der Waals surface area contributed by atoms with E-state index in [4.69, 9.17) is 0 Å². The zero-order chi connectivity index (χ0) is 10.5. The first-order valence-corrected chi connectivity index (χ1v) is 5.00. The smallest absolute Gasteiger partial charge is 0.0273 e. The standard InChI is InChI=1S/C14H13N/c1-12(14-7-9-15-10-8-14)11-13-5-3-2-4-6-13/h2-11H,1H3/b12-11-. The van der Waals surface area contributed by atoms with Crippen LogP contribution in [-0.2, 0) is 0 Å². The average Bonchev–Trinajstić information content (AvgIpc) is 2.31. The van der Waals surface area contributed by atoms with Gasteiger partial charge in [-0.2, -0.15) is 0 Å². The van der Waals surface area contributed by atoms with Crippen LogP contribution in [0.3, 0.4) is 0 Å². The maximum Gasteiger partial charge on any atom is 0.0273 e. The van der Waals surface area contributed by atoms with Crippen LogP contribution in [0.1, 0.15) is 18.1 Å². The summed E-state index contributed by atoms with van der Waals surface area (Å²) in [6.07, 6.45) is 5.81. The van der Waals surface area contributed by atoms with Crippen molar-refractivity contribution in [3.63, 3.8) is 0 Å². The van der Waals surface area contributed by atoms with Gasteiger partial charge in [-0.05, 0) is 35.8 Å². The Morgan fingerprint density at radius 1 is 1.00 bits per heavy atom. The van der Waals surface area contributed by atoms with Crippen LogP contribution in [0.5, 0.6) is 0 Å². The zero-order valence-electron chi connectivity index (χ0n) is 8.72. The van der Waals surface area contributed by atoms with E-state index in [0.29, 0.717) is 0 Å². The molecule has 0 atom stereocenters. The molecule has 0 N–H and O–H groups in total. The third-order valence-corrected chi connectivity index (χ3v) is 2.32. The first kappa shape index (κ1) is 9.66. The molecule has 0 fully saturated rings. The summed E-state index contributed by atoms with van der Waals surface area (Å²) in [6.45, 7) is 2.11. The fraction of sp³-hybridized carbons (Fsp3) is 0.0714. The molecule has 0 aliphatic carbocycles. The van der Waals surface area contributed by atoms with Crippen LogP contribution in [0.2, 0.25) is 0 Å². The van der Waals surface area contributed by atoms with Gasteiger partial charge in [-0.3, -0.25) is 4.98 Å². The van der Waals surface area contributed by atoms with Crippen molar-refractivity contribution in [3.8, 4) is 0 Å². The molecule has 74 valence electrons. The van der Waals surface area contributed by atoms with E-state index in [1.165, 1.54) is 16.7 Å². The molecule has 0 saturated carbocycles. The first-order chi connectivity index (χ1) is 7.36. The number of aromatic nitrogens is 1. The molecule has 2 aromatic rings. The zero-order valence-corrected chi connectivity index (χ0v) is 8.72. The van der Waals surface area contributed by atoms with E-state index in [0.717, 1.165) is 0 Å². The largest absolute Gasteiger partial charge is 0.265 e. The van der Waals surface area contributed by atoms with Gasteiger partial charge in [0.05, 0.1) is 0 Å². The summed E-state index contributed by atoms with van der Waals surface area (Å²) >= 11 is 0. The molecule has 1 aromatic carbocycles. The lowest BCUT2D eigenvalue weighted by molar-refractivity contribution is 1.31. The van der Waals surface area contributed by atoms with E-state index in [1.807, 2.05) is 42.7 Å². The second-order valence-electron chi connectivity index (χ2n) is 3.47. The third kappa shape index (κ3) is 2.53. The quantitative estimate of drug-likeness (QED) is 0.712. The molecule has 1 aromatic heterocycles. The topological polar surface area (TPSA) is 12.9 Å². The molecule has 1 heteroatoms. The van der Waals surface area contributed by atoms with Crippen LogP contribution < -0.4 is 0 Å². The number of allylic oxidation sites excluding steroid dienone is 1. The van der Waals surface area contributed by atoms with Gasteiger partial charge in [-0.1, -0.05) is 36.4 Å². The second kappa shape index (κ2) is 4.56. The monoisotopic (exact) mass is 195 g/mol. The lowest BCUT2D eigenvalue weighted by atomic mass is 10.1. The summed E-state index contributed by atoms with van der Waals surface area (Å²) in [5.74, 6) is 0. The van der Waals surface area contributed by atoms with Crippen molar-refractivity contribution >= 4 is 11.6 Å². The Kier molecular flexibility index (Phi) is 2.93.